The lowest BCUT2D eigenvalue weighted by atomic mass is 9.50. The first-order valence-electron chi connectivity index (χ1n) is 8.02. The van der Waals surface area contributed by atoms with E-state index in [1.165, 1.54) is 5.56 Å². The first-order chi connectivity index (χ1) is 10.0. The van der Waals surface area contributed by atoms with E-state index in [4.69, 9.17) is 9.47 Å². The molecule has 1 N–H and O–H groups in total. The van der Waals surface area contributed by atoms with Crippen molar-refractivity contribution in [2.24, 2.45) is 23.2 Å². The Morgan fingerprint density at radius 2 is 2.05 bits per heavy atom. The number of para-hydroxylation sites is 1. The second kappa shape index (κ2) is 4.23. The molecule has 0 spiro atoms. The van der Waals surface area contributed by atoms with E-state index in [1.807, 2.05) is 6.07 Å². The second-order valence-electron chi connectivity index (χ2n) is 7.50. The lowest BCUT2D eigenvalue weighted by Crippen LogP contribution is -2.65. The van der Waals surface area contributed by atoms with Gasteiger partial charge >= 0.3 is 0 Å². The number of ether oxygens (including phenoxy) is 2. The van der Waals surface area contributed by atoms with E-state index in [1.54, 1.807) is 0 Å². The third-order valence-electron chi connectivity index (χ3n) is 6.56. The maximum absolute atomic E-state index is 10.1. The van der Waals surface area contributed by atoms with Crippen molar-refractivity contribution >= 4 is 0 Å². The van der Waals surface area contributed by atoms with Crippen molar-refractivity contribution in [2.75, 3.05) is 13.2 Å². The van der Waals surface area contributed by atoms with Gasteiger partial charge in [-0.15, -0.1) is 0 Å². The van der Waals surface area contributed by atoms with Gasteiger partial charge in [-0.25, -0.2) is 0 Å². The van der Waals surface area contributed by atoms with Gasteiger partial charge < -0.3 is 14.6 Å². The van der Waals surface area contributed by atoms with Crippen molar-refractivity contribution < 1.29 is 14.6 Å². The normalized spacial score (nSPS) is 47.4. The number of aliphatic hydroxyl groups is 1. The fourth-order valence-corrected chi connectivity index (χ4v) is 5.29. The van der Waals surface area contributed by atoms with Gasteiger partial charge in [0.2, 0.25) is 0 Å². The first-order valence-corrected chi connectivity index (χ1v) is 8.02. The Kier molecular flexibility index (Phi) is 2.74. The molecule has 2 fully saturated rings. The molecule has 0 unspecified atom stereocenters. The van der Waals surface area contributed by atoms with Crippen LogP contribution >= 0.6 is 0 Å². The predicted octanol–water partition coefficient (Wildman–Crippen LogP) is 3.18. The van der Waals surface area contributed by atoms with Gasteiger partial charge in [-0.2, -0.15) is 0 Å². The minimum atomic E-state index is -0.197. The average Bonchev–Trinajstić information content (AvgIpc) is 2.46. The van der Waals surface area contributed by atoms with Crippen molar-refractivity contribution in [1.29, 1.82) is 0 Å². The Hall–Kier alpha value is -1.06. The van der Waals surface area contributed by atoms with Crippen LogP contribution in [0.1, 0.15) is 38.9 Å². The molecule has 3 nitrogen and oxygen atoms in total. The van der Waals surface area contributed by atoms with Crippen LogP contribution < -0.4 is 4.74 Å². The molecular weight excluding hydrogens is 264 g/mol. The van der Waals surface area contributed by atoms with Crippen molar-refractivity contribution in [2.45, 2.75) is 38.9 Å². The van der Waals surface area contributed by atoms with Gasteiger partial charge in [0.1, 0.15) is 11.4 Å². The fraction of sp³-hybridized carbons (Fsp3) is 0.667. The highest BCUT2D eigenvalue weighted by Crippen LogP contribution is 2.63. The summed E-state index contributed by atoms with van der Waals surface area (Å²) in [5.74, 6) is 2.07. The van der Waals surface area contributed by atoms with Gasteiger partial charge in [-0.3, -0.25) is 0 Å². The maximum atomic E-state index is 10.1. The van der Waals surface area contributed by atoms with Crippen LogP contribution in [-0.2, 0) is 4.74 Å². The SMILES string of the molecule is C[C@@H]1[C@@H]2[C@@H]3OC[C@@]1(CO)[C@@H](C)C[C@@]2(C)Oc1ccccc13. The highest BCUT2D eigenvalue weighted by Gasteiger charge is 2.64. The van der Waals surface area contributed by atoms with Gasteiger partial charge in [-0.05, 0) is 31.2 Å². The monoisotopic (exact) mass is 288 g/mol. The zero-order valence-corrected chi connectivity index (χ0v) is 13.0. The number of hydrogen-bond donors (Lipinski definition) is 1. The van der Waals surface area contributed by atoms with E-state index in [9.17, 15) is 5.11 Å². The predicted molar refractivity (Wildman–Crippen MR) is 80.1 cm³/mol. The molecule has 4 rings (SSSR count). The highest BCUT2D eigenvalue weighted by atomic mass is 16.5. The minimum Gasteiger partial charge on any atom is -0.487 e. The van der Waals surface area contributed by atoms with Gasteiger partial charge in [0.25, 0.3) is 0 Å². The summed E-state index contributed by atoms with van der Waals surface area (Å²) in [4.78, 5) is 0. The van der Waals surface area contributed by atoms with Crippen LogP contribution in [0, 0.1) is 23.2 Å². The first kappa shape index (κ1) is 13.6. The molecule has 3 heteroatoms. The summed E-state index contributed by atoms with van der Waals surface area (Å²) in [6.07, 6.45) is 1.08. The van der Waals surface area contributed by atoms with Gasteiger partial charge in [0.15, 0.2) is 0 Å². The summed E-state index contributed by atoms with van der Waals surface area (Å²) in [5.41, 5.74) is 0.862. The van der Waals surface area contributed by atoms with Crippen LogP contribution in [0.2, 0.25) is 0 Å². The lowest BCUT2D eigenvalue weighted by molar-refractivity contribution is -0.260. The Morgan fingerprint density at radius 3 is 2.81 bits per heavy atom. The molecular formula is C18H24O3. The van der Waals surface area contributed by atoms with Crippen LogP contribution in [0.4, 0.5) is 0 Å². The maximum Gasteiger partial charge on any atom is 0.125 e. The van der Waals surface area contributed by atoms with Crippen molar-refractivity contribution in [1.82, 2.24) is 0 Å². The molecule has 21 heavy (non-hydrogen) atoms. The van der Waals surface area contributed by atoms with Crippen LogP contribution in [0.3, 0.4) is 0 Å². The molecule has 0 amide bonds. The largest absolute Gasteiger partial charge is 0.487 e. The zero-order chi connectivity index (χ0) is 14.8. The molecule has 1 saturated carbocycles. The molecule has 6 atom stereocenters. The topological polar surface area (TPSA) is 38.7 Å². The van der Waals surface area contributed by atoms with E-state index in [0.29, 0.717) is 24.4 Å². The summed E-state index contributed by atoms with van der Waals surface area (Å²) in [6, 6.07) is 8.26. The third kappa shape index (κ3) is 1.56. The standard InChI is InChI=1S/C18H24O3/c1-11-8-17(3)15-12(2)18(11,9-19)10-20-16(15)13-6-4-5-7-14(13)21-17/h4-7,11-12,15-16,19H,8-10H2,1-3H3/t11-,12+,15+,16+,17+,18-/m0/s1. The highest BCUT2D eigenvalue weighted by molar-refractivity contribution is 5.40. The minimum absolute atomic E-state index is 0.0992. The van der Waals surface area contributed by atoms with E-state index in [-0.39, 0.29) is 23.7 Å². The molecule has 114 valence electrons. The van der Waals surface area contributed by atoms with Crippen LogP contribution in [0.5, 0.6) is 5.75 Å². The average molecular weight is 288 g/mol. The molecule has 0 radical (unpaired) electrons. The molecule has 2 heterocycles. The zero-order valence-electron chi connectivity index (χ0n) is 13.0. The quantitative estimate of drug-likeness (QED) is 0.862. The van der Waals surface area contributed by atoms with Gasteiger partial charge in [0.05, 0.1) is 19.3 Å². The van der Waals surface area contributed by atoms with Crippen LogP contribution in [0.15, 0.2) is 24.3 Å². The summed E-state index contributed by atoms with van der Waals surface area (Å²) < 4.78 is 12.7. The number of rotatable bonds is 1. The van der Waals surface area contributed by atoms with Crippen molar-refractivity contribution in [3.05, 3.63) is 29.8 Å². The molecule has 3 aliphatic rings. The van der Waals surface area contributed by atoms with E-state index >= 15 is 0 Å². The Bertz CT molecular complexity index is 571. The summed E-state index contributed by atoms with van der Waals surface area (Å²) in [7, 11) is 0. The lowest BCUT2D eigenvalue weighted by Gasteiger charge is -2.63. The summed E-state index contributed by atoms with van der Waals surface area (Å²) in [6.45, 7) is 7.60. The van der Waals surface area contributed by atoms with Crippen LogP contribution in [-0.4, -0.2) is 23.9 Å². The van der Waals surface area contributed by atoms with E-state index < -0.39 is 0 Å². The van der Waals surface area contributed by atoms with Crippen LogP contribution in [0.25, 0.3) is 0 Å². The summed E-state index contributed by atoms with van der Waals surface area (Å²) in [5, 5.41) is 10.1. The summed E-state index contributed by atoms with van der Waals surface area (Å²) >= 11 is 0. The molecule has 1 aromatic rings. The Labute approximate surface area is 126 Å². The van der Waals surface area contributed by atoms with Gasteiger partial charge in [-0.1, -0.05) is 32.0 Å². The Morgan fingerprint density at radius 1 is 1.29 bits per heavy atom. The van der Waals surface area contributed by atoms with Crippen molar-refractivity contribution in [3.63, 3.8) is 0 Å². The number of aliphatic hydroxyl groups excluding tert-OH is 1. The number of benzene rings is 1. The fourth-order valence-electron chi connectivity index (χ4n) is 5.29. The third-order valence-corrected chi connectivity index (χ3v) is 6.56. The number of hydrogen-bond acceptors (Lipinski definition) is 3. The molecule has 2 aliphatic heterocycles. The Balaban J connectivity index is 1.87. The second-order valence-corrected chi connectivity index (χ2v) is 7.50. The molecule has 2 bridgehead atoms. The van der Waals surface area contributed by atoms with E-state index in [0.717, 1.165) is 12.2 Å². The molecule has 0 aromatic heterocycles. The molecule has 1 aliphatic carbocycles. The smallest absolute Gasteiger partial charge is 0.125 e. The number of fused-ring (bicyclic) bond motifs is 3. The van der Waals surface area contributed by atoms with Crippen molar-refractivity contribution in [3.8, 4) is 5.75 Å². The molecule has 1 aromatic carbocycles. The van der Waals surface area contributed by atoms with Gasteiger partial charge in [0, 0.05) is 16.9 Å². The van der Waals surface area contributed by atoms with E-state index in [2.05, 4.69) is 39.0 Å². The molecule has 1 saturated heterocycles.